The van der Waals surface area contributed by atoms with Crippen molar-refractivity contribution in [3.8, 4) is 0 Å². The molecular formula is C11H13N5O3. The number of nitrogens with two attached hydrogens (primary N) is 1. The number of anilines is 1. The summed E-state index contributed by atoms with van der Waals surface area (Å²) in [6, 6.07) is 0. The van der Waals surface area contributed by atoms with Crippen molar-refractivity contribution in [2.24, 2.45) is 10.9 Å². The third-order valence-electron chi connectivity index (χ3n) is 3.15. The number of rotatable bonds is 1. The van der Waals surface area contributed by atoms with E-state index in [2.05, 4.69) is 20.0 Å². The lowest BCUT2D eigenvalue weighted by molar-refractivity contribution is 0.0437. The normalized spacial score (nSPS) is 18.3. The zero-order chi connectivity index (χ0) is 13.4. The topological polar surface area (TPSA) is 103 Å². The Kier molecular flexibility index (Phi) is 2.69. The summed E-state index contributed by atoms with van der Waals surface area (Å²) in [4.78, 5) is 28.9. The SMILES string of the molecule is Cc1nc(N2OC(=O)ON=C2N)nc2c1CCCC2. The second-order valence-corrected chi connectivity index (χ2v) is 4.42. The molecular weight excluding hydrogens is 250 g/mol. The lowest BCUT2D eigenvalue weighted by Crippen LogP contribution is -2.43. The highest BCUT2D eigenvalue weighted by molar-refractivity contribution is 5.93. The average Bonchev–Trinajstić information content (AvgIpc) is 2.41. The van der Waals surface area contributed by atoms with Crippen LogP contribution in [0.25, 0.3) is 0 Å². The predicted octanol–water partition coefficient (Wildman–Crippen LogP) is 0.782. The summed E-state index contributed by atoms with van der Waals surface area (Å²) in [6.45, 7) is 1.91. The smallest absolute Gasteiger partial charge is 0.364 e. The van der Waals surface area contributed by atoms with Crippen LogP contribution in [0.1, 0.15) is 29.8 Å². The fraction of sp³-hybridized carbons (Fsp3) is 0.455. The minimum Gasteiger partial charge on any atom is -0.364 e. The number of guanidine groups is 1. The van der Waals surface area contributed by atoms with Crippen molar-refractivity contribution in [2.45, 2.75) is 32.6 Å². The van der Waals surface area contributed by atoms with Crippen molar-refractivity contribution in [2.75, 3.05) is 5.06 Å². The molecule has 0 fully saturated rings. The number of hydroxylamine groups is 1. The van der Waals surface area contributed by atoms with Crippen molar-refractivity contribution >= 4 is 18.1 Å². The van der Waals surface area contributed by atoms with Gasteiger partial charge in [-0.2, -0.15) is 4.79 Å². The fourth-order valence-electron chi connectivity index (χ4n) is 2.26. The van der Waals surface area contributed by atoms with Crippen LogP contribution < -0.4 is 10.8 Å². The first-order chi connectivity index (χ1) is 9.15. The monoisotopic (exact) mass is 263 g/mol. The molecule has 0 bridgehead atoms. The van der Waals surface area contributed by atoms with Crippen LogP contribution >= 0.6 is 0 Å². The average molecular weight is 263 g/mol. The van der Waals surface area contributed by atoms with Crippen molar-refractivity contribution < 1.29 is 14.5 Å². The van der Waals surface area contributed by atoms with E-state index in [1.165, 1.54) is 5.56 Å². The van der Waals surface area contributed by atoms with Crippen LogP contribution in [0.15, 0.2) is 5.16 Å². The number of carbonyl (C=O) groups excluding carboxylic acids is 1. The largest absolute Gasteiger partial charge is 0.561 e. The molecule has 8 heteroatoms. The molecule has 1 aliphatic heterocycles. The van der Waals surface area contributed by atoms with E-state index in [-0.39, 0.29) is 11.9 Å². The summed E-state index contributed by atoms with van der Waals surface area (Å²) in [5.41, 5.74) is 8.61. The molecule has 2 heterocycles. The molecule has 0 aromatic carbocycles. The van der Waals surface area contributed by atoms with Gasteiger partial charge in [0.1, 0.15) is 0 Å². The summed E-state index contributed by atoms with van der Waals surface area (Å²) >= 11 is 0. The van der Waals surface area contributed by atoms with Gasteiger partial charge in [0, 0.05) is 11.4 Å². The van der Waals surface area contributed by atoms with E-state index in [4.69, 9.17) is 10.6 Å². The quantitative estimate of drug-likeness (QED) is 0.747. The maximum absolute atomic E-state index is 11.1. The Labute approximate surface area is 109 Å². The molecule has 0 radical (unpaired) electrons. The van der Waals surface area contributed by atoms with Gasteiger partial charge in [0.2, 0.25) is 0 Å². The second-order valence-electron chi connectivity index (χ2n) is 4.42. The number of fused-ring (bicyclic) bond motifs is 1. The van der Waals surface area contributed by atoms with E-state index >= 15 is 0 Å². The van der Waals surface area contributed by atoms with Crippen LogP contribution in [0.4, 0.5) is 10.7 Å². The molecule has 0 spiro atoms. The molecule has 1 aromatic rings. The summed E-state index contributed by atoms with van der Waals surface area (Å²) in [7, 11) is 0. The molecule has 8 nitrogen and oxygen atoms in total. The molecule has 2 aliphatic rings. The molecule has 1 aromatic heterocycles. The molecule has 0 saturated carbocycles. The van der Waals surface area contributed by atoms with Crippen molar-refractivity contribution in [1.82, 2.24) is 9.97 Å². The maximum atomic E-state index is 11.1. The van der Waals surface area contributed by atoms with Crippen molar-refractivity contribution in [3.05, 3.63) is 17.0 Å². The van der Waals surface area contributed by atoms with Gasteiger partial charge in [0.15, 0.2) is 0 Å². The molecule has 100 valence electrons. The molecule has 0 amide bonds. The Hall–Kier alpha value is -2.38. The molecule has 0 atom stereocenters. The first-order valence-corrected chi connectivity index (χ1v) is 6.04. The Morgan fingerprint density at radius 1 is 1.26 bits per heavy atom. The van der Waals surface area contributed by atoms with Crippen molar-refractivity contribution in [1.29, 1.82) is 0 Å². The van der Waals surface area contributed by atoms with Gasteiger partial charge in [-0.3, -0.25) is 9.68 Å². The number of oxime groups is 1. The Morgan fingerprint density at radius 3 is 2.89 bits per heavy atom. The van der Waals surface area contributed by atoms with E-state index < -0.39 is 6.16 Å². The molecule has 0 saturated heterocycles. The number of hydrogen-bond acceptors (Lipinski definition) is 8. The van der Waals surface area contributed by atoms with E-state index in [1.807, 2.05) is 6.92 Å². The fourth-order valence-corrected chi connectivity index (χ4v) is 2.26. The molecule has 0 unspecified atom stereocenters. The molecule has 19 heavy (non-hydrogen) atoms. The molecule has 2 N–H and O–H groups in total. The lowest BCUT2D eigenvalue weighted by atomic mass is 9.95. The van der Waals surface area contributed by atoms with Gasteiger partial charge in [-0.15, -0.1) is 0 Å². The Bertz CT molecular complexity index is 572. The molecule has 1 aliphatic carbocycles. The predicted molar refractivity (Wildman–Crippen MR) is 65.1 cm³/mol. The summed E-state index contributed by atoms with van der Waals surface area (Å²) in [6.07, 6.45) is 3.14. The van der Waals surface area contributed by atoms with Gasteiger partial charge in [0.05, 0.1) is 0 Å². The first kappa shape index (κ1) is 11.7. The van der Waals surface area contributed by atoms with Gasteiger partial charge in [-0.1, -0.05) is 5.06 Å². The van der Waals surface area contributed by atoms with E-state index in [9.17, 15) is 4.79 Å². The van der Waals surface area contributed by atoms with Crippen LogP contribution in [-0.2, 0) is 22.5 Å². The van der Waals surface area contributed by atoms with Gasteiger partial charge in [-0.05, 0) is 43.3 Å². The number of aromatic nitrogens is 2. The highest BCUT2D eigenvalue weighted by Crippen LogP contribution is 2.24. The number of aryl methyl sites for hydroxylation is 2. The number of hydrogen-bond donors (Lipinski definition) is 1. The highest BCUT2D eigenvalue weighted by Gasteiger charge is 2.28. The van der Waals surface area contributed by atoms with Crippen LogP contribution in [0.3, 0.4) is 0 Å². The van der Waals surface area contributed by atoms with Gasteiger partial charge in [0.25, 0.3) is 11.9 Å². The summed E-state index contributed by atoms with van der Waals surface area (Å²) < 4.78 is 0. The van der Waals surface area contributed by atoms with E-state index in [0.29, 0.717) is 0 Å². The zero-order valence-corrected chi connectivity index (χ0v) is 10.4. The maximum Gasteiger partial charge on any atom is 0.561 e. The van der Waals surface area contributed by atoms with Crippen LogP contribution in [0.5, 0.6) is 0 Å². The second kappa shape index (κ2) is 4.38. The standard InChI is InChI=1S/C11H13N5O3/c1-6-7-4-2-3-5-8(7)14-10(13-6)16-9(12)15-18-11(17)19-16/h2-5H2,1H3,(H2,12,15). The summed E-state index contributed by atoms with van der Waals surface area (Å²) in [5, 5.41) is 4.36. The Balaban J connectivity index is 2.01. The first-order valence-electron chi connectivity index (χ1n) is 6.04. The van der Waals surface area contributed by atoms with E-state index in [1.54, 1.807) is 0 Å². The third kappa shape index (κ3) is 2.05. The minimum absolute atomic E-state index is 0.116. The van der Waals surface area contributed by atoms with Gasteiger partial charge >= 0.3 is 6.16 Å². The van der Waals surface area contributed by atoms with Crippen LogP contribution in [0.2, 0.25) is 0 Å². The summed E-state index contributed by atoms with van der Waals surface area (Å²) in [5.74, 6) is 0.0887. The molecule has 3 rings (SSSR count). The van der Waals surface area contributed by atoms with Gasteiger partial charge in [-0.25, -0.2) is 9.97 Å². The number of carbonyl (C=O) groups is 1. The Morgan fingerprint density at radius 2 is 2.05 bits per heavy atom. The number of nitrogens with zero attached hydrogens (tertiary/aromatic N) is 4. The van der Waals surface area contributed by atoms with Gasteiger partial charge < -0.3 is 5.73 Å². The van der Waals surface area contributed by atoms with Crippen molar-refractivity contribution in [3.63, 3.8) is 0 Å². The zero-order valence-electron chi connectivity index (χ0n) is 10.4. The van der Waals surface area contributed by atoms with E-state index in [0.717, 1.165) is 42.1 Å². The third-order valence-corrected chi connectivity index (χ3v) is 3.15. The lowest BCUT2D eigenvalue weighted by Gasteiger charge is -2.23. The van der Waals surface area contributed by atoms with Crippen LogP contribution in [-0.4, -0.2) is 22.1 Å². The van der Waals surface area contributed by atoms with Crippen LogP contribution in [0, 0.1) is 6.92 Å². The highest BCUT2D eigenvalue weighted by atomic mass is 16.9. The minimum atomic E-state index is -0.965.